The van der Waals surface area contributed by atoms with E-state index in [2.05, 4.69) is 20.8 Å². The minimum Gasteiger partial charge on any atom is -0.494 e. The number of hydrogen-bond donors (Lipinski definition) is 2. The fourth-order valence-corrected chi connectivity index (χ4v) is 7.47. The molecular weight excluding hydrogens is 655 g/mol. The van der Waals surface area contributed by atoms with Crippen molar-refractivity contribution in [3.8, 4) is 22.9 Å². The third-order valence-electron chi connectivity index (χ3n) is 7.65. The molecule has 0 radical (unpaired) electrons. The zero-order valence-corrected chi connectivity index (χ0v) is 29.1. The van der Waals surface area contributed by atoms with Crippen LogP contribution in [0.4, 0.5) is 5.00 Å². The minimum absolute atomic E-state index is 0.0119. The number of nitrogens with one attached hydrogen (secondary N) is 2. The number of fused-ring (bicyclic) bond motifs is 1. The first-order valence-electron chi connectivity index (χ1n) is 15.8. The molecule has 0 fully saturated rings. The molecule has 2 amide bonds. The molecule has 4 aromatic rings. The number of anilines is 1. The Morgan fingerprint density at radius 3 is 2.44 bits per heavy atom. The van der Waals surface area contributed by atoms with Crippen molar-refractivity contribution < 1.29 is 33.3 Å². The molecule has 2 N–H and O–H groups in total. The highest BCUT2D eigenvalue weighted by Crippen LogP contribution is 2.38. The maximum absolute atomic E-state index is 13.3. The van der Waals surface area contributed by atoms with Gasteiger partial charge in [-0.1, -0.05) is 18.2 Å². The summed E-state index contributed by atoms with van der Waals surface area (Å²) in [7, 11) is 3.04. The zero-order valence-electron chi connectivity index (χ0n) is 27.4. The molecule has 2 aromatic carbocycles. The Bertz CT molecular complexity index is 1750. The van der Waals surface area contributed by atoms with Crippen LogP contribution < -0.4 is 24.8 Å². The predicted molar refractivity (Wildman–Crippen MR) is 184 cm³/mol. The van der Waals surface area contributed by atoms with Gasteiger partial charge in [0.15, 0.2) is 22.5 Å². The van der Waals surface area contributed by atoms with Gasteiger partial charge in [-0.05, 0) is 87.6 Å². The lowest BCUT2D eigenvalue weighted by Gasteiger charge is -2.13. The van der Waals surface area contributed by atoms with Crippen molar-refractivity contribution in [2.45, 2.75) is 57.7 Å². The lowest BCUT2D eigenvalue weighted by molar-refractivity contribution is -0.113. The molecule has 5 rings (SSSR count). The summed E-state index contributed by atoms with van der Waals surface area (Å²) in [5.74, 6) is 1.10. The van der Waals surface area contributed by atoms with Gasteiger partial charge >= 0.3 is 5.97 Å². The van der Waals surface area contributed by atoms with E-state index in [4.69, 9.17) is 18.9 Å². The second-order valence-corrected chi connectivity index (χ2v) is 12.8. The summed E-state index contributed by atoms with van der Waals surface area (Å²) in [6.07, 6.45) is 4.84. The van der Waals surface area contributed by atoms with Crippen LogP contribution in [0.15, 0.2) is 47.6 Å². The third-order valence-corrected chi connectivity index (χ3v) is 9.78. The molecule has 0 aliphatic heterocycles. The van der Waals surface area contributed by atoms with Crippen molar-refractivity contribution in [2.75, 3.05) is 38.5 Å². The van der Waals surface area contributed by atoms with E-state index in [0.717, 1.165) is 48.2 Å². The molecule has 48 heavy (non-hydrogen) atoms. The summed E-state index contributed by atoms with van der Waals surface area (Å²) in [6.45, 7) is 4.53. The Morgan fingerprint density at radius 1 is 0.938 bits per heavy atom. The van der Waals surface area contributed by atoms with Crippen molar-refractivity contribution in [3.63, 3.8) is 0 Å². The maximum Gasteiger partial charge on any atom is 0.341 e. The summed E-state index contributed by atoms with van der Waals surface area (Å²) in [6, 6.07) is 12.3. The molecular formula is C34H39N5O7S2. The number of carbonyl (C=O) groups excluding carboxylic acids is 3. The minimum atomic E-state index is -0.408. The first kappa shape index (κ1) is 34.8. The van der Waals surface area contributed by atoms with Crippen LogP contribution in [-0.2, 0) is 28.9 Å². The number of benzene rings is 2. The van der Waals surface area contributed by atoms with Gasteiger partial charge in [0.1, 0.15) is 10.8 Å². The SMILES string of the molecule is CCOC(=O)c1c(NC(=O)CSc2nnc(CNC(=O)c3ccc(OC)c(OC)c3)n2-c2ccc(OCC)cc2)sc2c1CCCCC2. The van der Waals surface area contributed by atoms with Crippen molar-refractivity contribution in [1.29, 1.82) is 0 Å². The van der Waals surface area contributed by atoms with Crippen LogP contribution in [0.3, 0.4) is 0 Å². The van der Waals surface area contributed by atoms with Crippen LogP contribution in [0.1, 0.15) is 70.1 Å². The van der Waals surface area contributed by atoms with Gasteiger partial charge in [-0.25, -0.2) is 4.79 Å². The van der Waals surface area contributed by atoms with E-state index in [1.54, 1.807) is 29.7 Å². The lowest BCUT2D eigenvalue weighted by Crippen LogP contribution is -2.24. The fraction of sp³-hybridized carbons (Fsp3) is 0.382. The Labute approximate surface area is 287 Å². The first-order chi connectivity index (χ1) is 23.4. The highest BCUT2D eigenvalue weighted by molar-refractivity contribution is 7.99. The van der Waals surface area contributed by atoms with E-state index in [1.165, 1.54) is 37.3 Å². The quantitative estimate of drug-likeness (QED) is 0.0938. The van der Waals surface area contributed by atoms with Gasteiger partial charge in [-0.15, -0.1) is 21.5 Å². The molecule has 12 nitrogen and oxygen atoms in total. The van der Waals surface area contributed by atoms with Crippen LogP contribution in [0.25, 0.3) is 5.69 Å². The van der Waals surface area contributed by atoms with Gasteiger partial charge in [0.2, 0.25) is 5.91 Å². The van der Waals surface area contributed by atoms with Crippen LogP contribution in [0.5, 0.6) is 17.2 Å². The van der Waals surface area contributed by atoms with Crippen molar-refractivity contribution in [2.24, 2.45) is 0 Å². The zero-order chi connectivity index (χ0) is 34.0. The number of thioether (sulfide) groups is 1. The average Bonchev–Trinajstić information content (AvgIpc) is 3.58. The van der Waals surface area contributed by atoms with Gasteiger partial charge < -0.3 is 29.6 Å². The van der Waals surface area contributed by atoms with Crippen LogP contribution >= 0.6 is 23.1 Å². The normalized spacial score (nSPS) is 12.4. The summed E-state index contributed by atoms with van der Waals surface area (Å²) < 4.78 is 23.4. The number of aromatic nitrogens is 3. The molecule has 2 heterocycles. The Kier molecular flexibility index (Phi) is 12.0. The molecule has 14 heteroatoms. The van der Waals surface area contributed by atoms with E-state index in [1.807, 2.05) is 31.2 Å². The molecule has 1 aliphatic rings. The molecule has 254 valence electrons. The number of ether oxygens (including phenoxy) is 4. The fourth-order valence-electron chi connectivity index (χ4n) is 5.41. The Hall–Kier alpha value is -4.56. The van der Waals surface area contributed by atoms with E-state index >= 15 is 0 Å². The number of esters is 1. The number of amides is 2. The second-order valence-electron chi connectivity index (χ2n) is 10.7. The number of carbonyl (C=O) groups is 3. The summed E-state index contributed by atoms with van der Waals surface area (Å²) in [5.41, 5.74) is 2.59. The molecule has 0 bridgehead atoms. The van der Waals surface area contributed by atoms with Crippen LogP contribution in [-0.4, -0.2) is 65.7 Å². The van der Waals surface area contributed by atoms with Crippen molar-refractivity contribution in [3.05, 3.63) is 69.9 Å². The molecule has 0 unspecified atom stereocenters. The largest absolute Gasteiger partial charge is 0.494 e. The summed E-state index contributed by atoms with van der Waals surface area (Å²) >= 11 is 2.66. The van der Waals surface area contributed by atoms with E-state index in [9.17, 15) is 14.4 Å². The van der Waals surface area contributed by atoms with Gasteiger partial charge in [-0.2, -0.15) is 0 Å². The van der Waals surface area contributed by atoms with Gasteiger partial charge in [0.05, 0.1) is 45.3 Å². The number of aryl methyl sites for hydroxylation is 1. The second kappa shape index (κ2) is 16.5. The number of nitrogens with zero attached hydrogens (tertiary/aromatic N) is 3. The van der Waals surface area contributed by atoms with Crippen molar-refractivity contribution in [1.82, 2.24) is 20.1 Å². The first-order valence-corrected chi connectivity index (χ1v) is 17.6. The smallest absolute Gasteiger partial charge is 0.341 e. The van der Waals surface area contributed by atoms with Gasteiger partial charge in [0, 0.05) is 16.1 Å². The van der Waals surface area contributed by atoms with E-state index < -0.39 is 5.97 Å². The highest BCUT2D eigenvalue weighted by atomic mass is 32.2. The highest BCUT2D eigenvalue weighted by Gasteiger charge is 2.27. The average molecular weight is 694 g/mol. The van der Waals surface area contributed by atoms with E-state index in [0.29, 0.717) is 51.0 Å². The molecule has 0 saturated heterocycles. The monoisotopic (exact) mass is 693 g/mol. The summed E-state index contributed by atoms with van der Waals surface area (Å²) in [5, 5.41) is 15.6. The molecule has 0 spiro atoms. The van der Waals surface area contributed by atoms with E-state index in [-0.39, 0.29) is 30.7 Å². The third kappa shape index (κ3) is 8.11. The predicted octanol–water partition coefficient (Wildman–Crippen LogP) is 5.85. The van der Waals surface area contributed by atoms with Crippen molar-refractivity contribution >= 4 is 45.9 Å². The molecule has 1 aliphatic carbocycles. The standard InChI is InChI=1S/C34H39N5O7S2/c1-5-45-23-15-13-22(14-16-23)39-28(19-35-31(41)21-12-17-25(43-3)26(18-21)44-4)37-38-34(39)47-20-29(40)36-32-30(33(42)46-6-2)24-10-8-7-9-11-27(24)48-32/h12-18H,5-11,19-20H2,1-4H3,(H,35,41)(H,36,40). The topological polar surface area (TPSA) is 143 Å². The summed E-state index contributed by atoms with van der Waals surface area (Å²) in [4.78, 5) is 40.5. The lowest BCUT2D eigenvalue weighted by atomic mass is 10.1. The maximum atomic E-state index is 13.3. The molecule has 2 aromatic heterocycles. The van der Waals surface area contributed by atoms with Crippen LogP contribution in [0, 0.1) is 0 Å². The van der Waals surface area contributed by atoms with Gasteiger partial charge in [-0.3, -0.25) is 14.2 Å². The van der Waals surface area contributed by atoms with Crippen LogP contribution in [0.2, 0.25) is 0 Å². The molecule has 0 saturated carbocycles. The number of rotatable bonds is 14. The molecule has 0 atom stereocenters. The number of thiophene rings is 1. The Balaban J connectivity index is 1.35. The Morgan fingerprint density at radius 2 is 1.71 bits per heavy atom. The number of methoxy groups -OCH3 is 2. The number of hydrogen-bond acceptors (Lipinski definition) is 11. The van der Waals surface area contributed by atoms with Gasteiger partial charge in [0.25, 0.3) is 5.91 Å².